The van der Waals surface area contributed by atoms with Crippen molar-refractivity contribution in [1.29, 1.82) is 0 Å². The molecule has 2 heteroatoms. The van der Waals surface area contributed by atoms with Crippen LogP contribution >= 0.6 is 0 Å². The van der Waals surface area contributed by atoms with Gasteiger partial charge in [-0.3, -0.25) is 0 Å². The first-order valence-electron chi connectivity index (χ1n) is 7.24. The van der Waals surface area contributed by atoms with Crippen molar-refractivity contribution >= 4 is 0 Å². The molecular weight excluding hydrogens is 220 g/mol. The van der Waals surface area contributed by atoms with E-state index in [0.717, 1.165) is 5.92 Å². The van der Waals surface area contributed by atoms with Gasteiger partial charge in [0.15, 0.2) is 0 Å². The van der Waals surface area contributed by atoms with Crippen molar-refractivity contribution in [2.75, 3.05) is 26.7 Å². The van der Waals surface area contributed by atoms with E-state index in [1.54, 1.807) is 11.1 Å². The fourth-order valence-corrected chi connectivity index (χ4v) is 3.44. The van der Waals surface area contributed by atoms with Crippen LogP contribution in [0.1, 0.15) is 35.6 Å². The number of nitrogens with one attached hydrogen (secondary N) is 1. The van der Waals surface area contributed by atoms with E-state index in [-0.39, 0.29) is 0 Å². The second-order valence-corrected chi connectivity index (χ2v) is 6.12. The first-order valence-corrected chi connectivity index (χ1v) is 7.24. The van der Waals surface area contributed by atoms with Gasteiger partial charge in [0.2, 0.25) is 0 Å². The second kappa shape index (κ2) is 5.02. The molecule has 0 saturated carbocycles. The van der Waals surface area contributed by atoms with Gasteiger partial charge in [0.05, 0.1) is 0 Å². The van der Waals surface area contributed by atoms with E-state index in [9.17, 15) is 0 Å². The molecule has 1 heterocycles. The van der Waals surface area contributed by atoms with Gasteiger partial charge in [0.1, 0.15) is 0 Å². The van der Waals surface area contributed by atoms with Crippen LogP contribution in [-0.4, -0.2) is 31.6 Å². The zero-order valence-corrected chi connectivity index (χ0v) is 11.6. The summed E-state index contributed by atoms with van der Waals surface area (Å²) in [7, 11) is 2.23. The summed E-state index contributed by atoms with van der Waals surface area (Å²) in [4.78, 5) is 2.44. The number of likely N-dealkylation sites (tertiary alicyclic amines) is 1. The van der Waals surface area contributed by atoms with Gasteiger partial charge in [-0.25, -0.2) is 0 Å². The Labute approximate surface area is 110 Å². The van der Waals surface area contributed by atoms with Gasteiger partial charge in [0, 0.05) is 12.6 Å². The summed E-state index contributed by atoms with van der Waals surface area (Å²) in [6.45, 7) is 5.91. The van der Waals surface area contributed by atoms with Crippen LogP contribution in [0.2, 0.25) is 0 Å². The van der Waals surface area contributed by atoms with E-state index in [4.69, 9.17) is 0 Å². The Balaban J connectivity index is 1.61. The quantitative estimate of drug-likeness (QED) is 0.879. The Hall–Kier alpha value is -0.860. The highest BCUT2D eigenvalue weighted by Gasteiger charge is 2.24. The van der Waals surface area contributed by atoms with Crippen molar-refractivity contribution in [2.24, 2.45) is 5.92 Å². The summed E-state index contributed by atoms with van der Waals surface area (Å²) >= 11 is 0. The van der Waals surface area contributed by atoms with Gasteiger partial charge in [-0.15, -0.1) is 0 Å². The minimum atomic E-state index is 0.603. The lowest BCUT2D eigenvalue weighted by Gasteiger charge is -2.18. The van der Waals surface area contributed by atoms with Crippen LogP contribution in [0.25, 0.3) is 0 Å². The maximum absolute atomic E-state index is 3.80. The molecule has 3 rings (SSSR count). The number of hydrogen-bond acceptors (Lipinski definition) is 2. The molecule has 1 aliphatic heterocycles. The van der Waals surface area contributed by atoms with E-state index >= 15 is 0 Å². The number of aryl methyl sites for hydroxylation is 2. The van der Waals surface area contributed by atoms with Crippen LogP contribution in [0.4, 0.5) is 0 Å². The predicted octanol–water partition coefficient (Wildman–Crippen LogP) is 2.52. The fourth-order valence-electron chi connectivity index (χ4n) is 3.44. The molecule has 2 atom stereocenters. The number of rotatable bonds is 3. The molecule has 1 aromatic carbocycles. The maximum Gasteiger partial charge on any atom is 0.0326 e. The normalized spacial score (nSPS) is 27.7. The monoisotopic (exact) mass is 244 g/mol. The molecular formula is C16H24N2. The predicted molar refractivity (Wildman–Crippen MR) is 75.8 cm³/mol. The molecule has 1 saturated heterocycles. The SMILES string of the molecule is Cc1ccc2c(c1)C(NCC1CCN(C)C1)CC2. The molecule has 2 nitrogen and oxygen atoms in total. The number of fused-ring (bicyclic) bond motifs is 1. The lowest BCUT2D eigenvalue weighted by molar-refractivity contribution is 0.378. The van der Waals surface area contributed by atoms with Crippen LogP contribution in [0.15, 0.2) is 18.2 Å². The fraction of sp³-hybridized carbons (Fsp3) is 0.625. The zero-order chi connectivity index (χ0) is 12.5. The Bertz CT molecular complexity index is 427. The number of hydrogen-bond donors (Lipinski definition) is 1. The summed E-state index contributed by atoms with van der Waals surface area (Å²) in [6, 6.07) is 7.54. The van der Waals surface area contributed by atoms with Crippen LogP contribution in [-0.2, 0) is 6.42 Å². The molecule has 2 aliphatic rings. The average molecular weight is 244 g/mol. The van der Waals surface area contributed by atoms with Gasteiger partial charge < -0.3 is 10.2 Å². The Morgan fingerprint density at radius 1 is 1.33 bits per heavy atom. The summed E-state index contributed by atoms with van der Waals surface area (Å²) in [6.07, 6.45) is 3.89. The molecule has 0 aromatic heterocycles. The van der Waals surface area contributed by atoms with Crippen LogP contribution in [0.5, 0.6) is 0 Å². The highest BCUT2D eigenvalue weighted by molar-refractivity contribution is 5.37. The molecule has 1 aliphatic carbocycles. The van der Waals surface area contributed by atoms with Gasteiger partial charge in [-0.05, 0) is 63.4 Å². The lowest BCUT2D eigenvalue weighted by atomic mass is 10.0. The average Bonchev–Trinajstić information content (AvgIpc) is 2.93. The molecule has 0 bridgehead atoms. The molecule has 18 heavy (non-hydrogen) atoms. The molecule has 98 valence electrons. The molecule has 1 aromatic rings. The zero-order valence-electron chi connectivity index (χ0n) is 11.6. The van der Waals surface area contributed by atoms with Crippen LogP contribution in [0.3, 0.4) is 0 Å². The van der Waals surface area contributed by atoms with E-state index < -0.39 is 0 Å². The van der Waals surface area contributed by atoms with Crippen molar-refractivity contribution in [3.8, 4) is 0 Å². The molecule has 1 N–H and O–H groups in total. The van der Waals surface area contributed by atoms with E-state index in [0.29, 0.717) is 6.04 Å². The topological polar surface area (TPSA) is 15.3 Å². The summed E-state index contributed by atoms with van der Waals surface area (Å²) in [5, 5.41) is 3.80. The number of nitrogens with zero attached hydrogens (tertiary/aromatic N) is 1. The summed E-state index contributed by atoms with van der Waals surface area (Å²) in [5.41, 5.74) is 4.51. The Kier molecular flexibility index (Phi) is 3.40. The molecule has 0 spiro atoms. The van der Waals surface area contributed by atoms with Crippen molar-refractivity contribution < 1.29 is 0 Å². The van der Waals surface area contributed by atoms with E-state index in [2.05, 4.69) is 42.4 Å². The van der Waals surface area contributed by atoms with Gasteiger partial charge in [0.25, 0.3) is 0 Å². The van der Waals surface area contributed by atoms with E-state index in [1.165, 1.54) is 44.5 Å². The maximum atomic E-state index is 3.80. The van der Waals surface area contributed by atoms with Gasteiger partial charge >= 0.3 is 0 Å². The van der Waals surface area contributed by atoms with Crippen LogP contribution < -0.4 is 5.32 Å². The summed E-state index contributed by atoms with van der Waals surface area (Å²) in [5.74, 6) is 0.851. The Morgan fingerprint density at radius 3 is 3.00 bits per heavy atom. The third-order valence-electron chi connectivity index (χ3n) is 4.52. The molecule has 0 amide bonds. The number of benzene rings is 1. The first kappa shape index (κ1) is 12.2. The minimum Gasteiger partial charge on any atom is -0.310 e. The van der Waals surface area contributed by atoms with Gasteiger partial charge in [-0.2, -0.15) is 0 Å². The third kappa shape index (κ3) is 2.45. The largest absolute Gasteiger partial charge is 0.310 e. The molecule has 1 fully saturated rings. The van der Waals surface area contributed by atoms with Crippen molar-refractivity contribution in [3.63, 3.8) is 0 Å². The van der Waals surface area contributed by atoms with E-state index in [1.807, 2.05) is 0 Å². The standard InChI is InChI=1S/C16H24N2/c1-12-3-4-14-5-6-16(15(14)9-12)17-10-13-7-8-18(2)11-13/h3-4,9,13,16-17H,5-8,10-11H2,1-2H3. The van der Waals surface area contributed by atoms with Crippen LogP contribution in [0, 0.1) is 12.8 Å². The minimum absolute atomic E-state index is 0.603. The summed E-state index contributed by atoms with van der Waals surface area (Å²) < 4.78 is 0. The molecule has 2 unspecified atom stereocenters. The first-order chi connectivity index (χ1) is 8.72. The van der Waals surface area contributed by atoms with Gasteiger partial charge in [-0.1, -0.05) is 23.8 Å². The smallest absolute Gasteiger partial charge is 0.0326 e. The third-order valence-corrected chi connectivity index (χ3v) is 4.52. The highest BCUT2D eigenvalue weighted by atomic mass is 15.1. The second-order valence-electron chi connectivity index (χ2n) is 6.12. The van der Waals surface area contributed by atoms with Crippen molar-refractivity contribution in [2.45, 2.75) is 32.2 Å². The highest BCUT2D eigenvalue weighted by Crippen LogP contribution is 2.32. The lowest BCUT2D eigenvalue weighted by Crippen LogP contribution is -2.27. The molecule has 0 radical (unpaired) electrons. The van der Waals surface area contributed by atoms with Crippen molar-refractivity contribution in [1.82, 2.24) is 10.2 Å². The van der Waals surface area contributed by atoms with Crippen molar-refractivity contribution in [3.05, 3.63) is 34.9 Å². The Morgan fingerprint density at radius 2 is 2.22 bits per heavy atom.